The Labute approximate surface area is 91.2 Å². The van der Waals surface area contributed by atoms with Gasteiger partial charge in [-0.15, -0.1) is 0 Å². The molecule has 1 saturated heterocycles. The van der Waals surface area contributed by atoms with E-state index in [1.165, 1.54) is 43.6 Å². The van der Waals surface area contributed by atoms with Crippen LogP contribution in [0.1, 0.15) is 32.1 Å². The van der Waals surface area contributed by atoms with Crippen molar-refractivity contribution in [3.63, 3.8) is 0 Å². The highest BCUT2D eigenvalue weighted by Gasteiger charge is 2.27. The van der Waals surface area contributed by atoms with Gasteiger partial charge >= 0.3 is 0 Å². The molecule has 2 aliphatic rings. The average molecular weight is 215 g/mol. The lowest BCUT2D eigenvalue weighted by Gasteiger charge is -2.33. The molecule has 2 fully saturated rings. The van der Waals surface area contributed by atoms with Crippen LogP contribution in [0.5, 0.6) is 0 Å². The Morgan fingerprint density at radius 2 is 2.07 bits per heavy atom. The number of hydrogen-bond acceptors (Lipinski definition) is 3. The second kappa shape index (κ2) is 5.38. The lowest BCUT2D eigenvalue weighted by Crippen LogP contribution is -2.47. The van der Waals surface area contributed by atoms with Crippen LogP contribution >= 0.6 is 11.8 Å². The number of ether oxygens (including phenoxy) is 1. The van der Waals surface area contributed by atoms with Crippen molar-refractivity contribution in [2.75, 3.05) is 18.6 Å². The van der Waals surface area contributed by atoms with E-state index in [0.717, 1.165) is 6.04 Å². The summed E-state index contributed by atoms with van der Waals surface area (Å²) in [6.45, 7) is 0. The van der Waals surface area contributed by atoms with Gasteiger partial charge in [0, 0.05) is 24.9 Å². The maximum atomic E-state index is 5.54. The van der Waals surface area contributed by atoms with Gasteiger partial charge in [0.15, 0.2) is 0 Å². The molecule has 0 aromatic heterocycles. The topological polar surface area (TPSA) is 21.3 Å². The Bertz CT molecular complexity index is 171. The SMILES string of the molecule is CO[C@H]1CCCC[C@@H]1N[C@@H]1CCSC1. The van der Waals surface area contributed by atoms with Crippen molar-refractivity contribution >= 4 is 11.8 Å². The van der Waals surface area contributed by atoms with E-state index in [1.807, 2.05) is 7.11 Å². The minimum Gasteiger partial charge on any atom is -0.380 e. The van der Waals surface area contributed by atoms with E-state index in [2.05, 4.69) is 17.1 Å². The molecule has 1 aliphatic heterocycles. The van der Waals surface area contributed by atoms with Crippen LogP contribution in [0.15, 0.2) is 0 Å². The Hall–Kier alpha value is 0.270. The quantitative estimate of drug-likeness (QED) is 0.778. The van der Waals surface area contributed by atoms with Gasteiger partial charge in [-0.3, -0.25) is 0 Å². The molecular formula is C11H21NOS. The normalized spacial score (nSPS) is 38.8. The first kappa shape index (κ1) is 10.8. The molecule has 2 rings (SSSR count). The summed E-state index contributed by atoms with van der Waals surface area (Å²) >= 11 is 2.08. The molecule has 3 atom stereocenters. The van der Waals surface area contributed by atoms with E-state index in [1.54, 1.807) is 0 Å². The first-order chi connectivity index (χ1) is 6.90. The van der Waals surface area contributed by atoms with Crippen LogP contribution in [0.4, 0.5) is 0 Å². The highest BCUT2D eigenvalue weighted by Crippen LogP contribution is 2.24. The lowest BCUT2D eigenvalue weighted by molar-refractivity contribution is 0.0387. The van der Waals surface area contributed by atoms with Crippen molar-refractivity contribution in [3.05, 3.63) is 0 Å². The van der Waals surface area contributed by atoms with Crippen LogP contribution in [0.25, 0.3) is 0 Å². The minimum absolute atomic E-state index is 0.467. The van der Waals surface area contributed by atoms with Crippen molar-refractivity contribution in [1.82, 2.24) is 5.32 Å². The van der Waals surface area contributed by atoms with Crippen molar-refractivity contribution in [1.29, 1.82) is 0 Å². The molecule has 1 saturated carbocycles. The fraction of sp³-hybridized carbons (Fsp3) is 1.00. The predicted octanol–water partition coefficient (Wildman–Crippen LogP) is 2.04. The van der Waals surface area contributed by atoms with Gasteiger partial charge in [0.2, 0.25) is 0 Å². The van der Waals surface area contributed by atoms with Crippen LogP contribution in [-0.4, -0.2) is 36.8 Å². The Morgan fingerprint density at radius 3 is 2.79 bits per heavy atom. The summed E-state index contributed by atoms with van der Waals surface area (Å²) in [5.41, 5.74) is 0. The van der Waals surface area contributed by atoms with Gasteiger partial charge in [-0.05, 0) is 25.0 Å². The van der Waals surface area contributed by atoms with Crippen LogP contribution in [0.3, 0.4) is 0 Å². The summed E-state index contributed by atoms with van der Waals surface area (Å²) in [6.07, 6.45) is 7.08. The van der Waals surface area contributed by atoms with Crippen molar-refractivity contribution in [2.24, 2.45) is 0 Å². The molecule has 3 heteroatoms. The molecule has 0 spiro atoms. The zero-order valence-corrected chi connectivity index (χ0v) is 9.81. The summed E-state index contributed by atoms with van der Waals surface area (Å²) in [4.78, 5) is 0. The van der Waals surface area contributed by atoms with Crippen LogP contribution in [0, 0.1) is 0 Å². The molecule has 82 valence electrons. The third-order valence-electron chi connectivity index (χ3n) is 3.38. The van der Waals surface area contributed by atoms with Crippen LogP contribution < -0.4 is 5.32 Å². The molecule has 1 aliphatic carbocycles. The van der Waals surface area contributed by atoms with Gasteiger partial charge in [-0.1, -0.05) is 12.8 Å². The summed E-state index contributed by atoms with van der Waals surface area (Å²) in [5, 5.41) is 3.77. The molecule has 2 nitrogen and oxygen atoms in total. The fourth-order valence-electron chi connectivity index (χ4n) is 2.54. The molecule has 0 aromatic carbocycles. The Morgan fingerprint density at radius 1 is 1.21 bits per heavy atom. The average Bonchev–Trinajstić information content (AvgIpc) is 2.71. The van der Waals surface area contributed by atoms with E-state index in [9.17, 15) is 0 Å². The minimum atomic E-state index is 0.467. The summed E-state index contributed by atoms with van der Waals surface area (Å²) in [7, 11) is 1.86. The number of hydrogen-bond donors (Lipinski definition) is 1. The fourth-order valence-corrected chi connectivity index (χ4v) is 3.70. The largest absolute Gasteiger partial charge is 0.380 e. The van der Waals surface area contributed by atoms with E-state index in [-0.39, 0.29) is 0 Å². The first-order valence-electron chi connectivity index (χ1n) is 5.76. The monoisotopic (exact) mass is 215 g/mol. The second-order valence-electron chi connectivity index (χ2n) is 4.39. The third kappa shape index (κ3) is 2.65. The molecule has 0 amide bonds. The molecule has 1 heterocycles. The lowest BCUT2D eigenvalue weighted by atomic mass is 9.92. The second-order valence-corrected chi connectivity index (χ2v) is 5.54. The Balaban J connectivity index is 1.81. The van der Waals surface area contributed by atoms with Gasteiger partial charge in [0.1, 0.15) is 0 Å². The Kier molecular flexibility index (Phi) is 4.14. The molecule has 0 bridgehead atoms. The van der Waals surface area contributed by atoms with Gasteiger partial charge in [-0.2, -0.15) is 11.8 Å². The van der Waals surface area contributed by atoms with Gasteiger partial charge in [-0.25, -0.2) is 0 Å². The van der Waals surface area contributed by atoms with Gasteiger partial charge in [0.05, 0.1) is 6.10 Å². The zero-order valence-electron chi connectivity index (χ0n) is 9.00. The third-order valence-corrected chi connectivity index (χ3v) is 4.55. The van der Waals surface area contributed by atoms with E-state index >= 15 is 0 Å². The summed E-state index contributed by atoms with van der Waals surface area (Å²) in [5.74, 6) is 2.63. The standard InChI is InChI=1S/C11H21NOS/c1-13-11-5-3-2-4-10(11)12-9-6-7-14-8-9/h9-12H,2-8H2,1H3/t9-,10+,11+/m1/s1. The number of nitrogens with one attached hydrogen (secondary N) is 1. The predicted molar refractivity (Wildman–Crippen MR) is 61.9 cm³/mol. The summed E-state index contributed by atoms with van der Waals surface area (Å²) < 4.78 is 5.54. The summed E-state index contributed by atoms with van der Waals surface area (Å²) in [6, 6.07) is 1.37. The highest BCUT2D eigenvalue weighted by molar-refractivity contribution is 7.99. The van der Waals surface area contributed by atoms with Crippen molar-refractivity contribution < 1.29 is 4.74 Å². The van der Waals surface area contributed by atoms with Crippen LogP contribution in [-0.2, 0) is 4.74 Å². The zero-order chi connectivity index (χ0) is 9.80. The number of thioether (sulfide) groups is 1. The smallest absolute Gasteiger partial charge is 0.0724 e. The van der Waals surface area contributed by atoms with E-state index < -0.39 is 0 Å². The number of methoxy groups -OCH3 is 1. The highest BCUT2D eigenvalue weighted by atomic mass is 32.2. The van der Waals surface area contributed by atoms with Gasteiger partial charge < -0.3 is 10.1 Å². The maximum Gasteiger partial charge on any atom is 0.0724 e. The first-order valence-corrected chi connectivity index (χ1v) is 6.92. The molecule has 0 radical (unpaired) electrons. The van der Waals surface area contributed by atoms with E-state index in [4.69, 9.17) is 4.74 Å². The maximum absolute atomic E-state index is 5.54. The van der Waals surface area contributed by atoms with Crippen molar-refractivity contribution in [3.8, 4) is 0 Å². The molecule has 1 N–H and O–H groups in total. The molecular weight excluding hydrogens is 194 g/mol. The van der Waals surface area contributed by atoms with Crippen LogP contribution in [0.2, 0.25) is 0 Å². The molecule has 14 heavy (non-hydrogen) atoms. The van der Waals surface area contributed by atoms with Gasteiger partial charge in [0.25, 0.3) is 0 Å². The van der Waals surface area contributed by atoms with E-state index in [0.29, 0.717) is 12.1 Å². The van der Waals surface area contributed by atoms with Crippen molar-refractivity contribution in [2.45, 2.75) is 50.3 Å². The number of rotatable bonds is 3. The molecule has 0 aromatic rings. The molecule has 0 unspecified atom stereocenters.